The van der Waals surface area contributed by atoms with Crippen LogP contribution in [0.4, 0.5) is 0 Å². The van der Waals surface area contributed by atoms with Crippen LogP contribution < -0.4 is 0 Å². The topological polar surface area (TPSA) is 0 Å². The fourth-order valence-corrected chi connectivity index (χ4v) is 4.45. The first kappa shape index (κ1) is 13.8. The van der Waals surface area contributed by atoms with Crippen molar-refractivity contribution in [3.8, 4) is 11.1 Å². The van der Waals surface area contributed by atoms with E-state index in [9.17, 15) is 0 Å². The summed E-state index contributed by atoms with van der Waals surface area (Å²) in [6.45, 7) is 6.87. The summed E-state index contributed by atoms with van der Waals surface area (Å²) in [5, 5.41) is 5.44. The Morgan fingerprint density at radius 3 is 2.29 bits per heavy atom. The normalized spacial score (nSPS) is 14.8. The average molecular weight is 308 g/mol. The quantitative estimate of drug-likeness (QED) is 0.321. The lowest BCUT2D eigenvalue weighted by Crippen LogP contribution is -2.14. The molecule has 24 heavy (non-hydrogen) atoms. The molecule has 0 aliphatic heterocycles. The zero-order valence-corrected chi connectivity index (χ0v) is 14.4. The minimum atomic E-state index is 0.0616. The molecule has 1 aliphatic carbocycles. The second kappa shape index (κ2) is 4.48. The molecule has 0 heterocycles. The van der Waals surface area contributed by atoms with Crippen LogP contribution in [0.3, 0.4) is 0 Å². The van der Waals surface area contributed by atoms with Crippen molar-refractivity contribution in [3.05, 3.63) is 83.4 Å². The van der Waals surface area contributed by atoms with Crippen LogP contribution in [0, 0.1) is 6.92 Å². The third-order valence-corrected chi connectivity index (χ3v) is 5.70. The highest BCUT2D eigenvalue weighted by Gasteiger charge is 2.36. The summed E-state index contributed by atoms with van der Waals surface area (Å²) in [5.74, 6) is 0. The molecule has 0 radical (unpaired) electrons. The number of fused-ring (bicyclic) bond motifs is 7. The Morgan fingerprint density at radius 1 is 0.708 bits per heavy atom. The van der Waals surface area contributed by atoms with Crippen LogP contribution in [0.2, 0.25) is 0 Å². The van der Waals surface area contributed by atoms with E-state index >= 15 is 0 Å². The predicted molar refractivity (Wildman–Crippen MR) is 104 cm³/mol. The van der Waals surface area contributed by atoms with Gasteiger partial charge in [0.25, 0.3) is 0 Å². The maximum atomic E-state index is 2.35. The highest BCUT2D eigenvalue weighted by atomic mass is 14.4. The van der Waals surface area contributed by atoms with E-state index in [0.717, 1.165) is 0 Å². The minimum absolute atomic E-state index is 0.0616. The van der Waals surface area contributed by atoms with Gasteiger partial charge < -0.3 is 0 Å². The summed E-state index contributed by atoms with van der Waals surface area (Å²) in [7, 11) is 0. The predicted octanol–water partition coefficient (Wildman–Crippen LogP) is 6.61. The molecule has 4 aromatic carbocycles. The molecule has 0 fully saturated rings. The highest BCUT2D eigenvalue weighted by molar-refractivity contribution is 6.16. The smallest absolute Gasteiger partial charge is 0.0159 e. The van der Waals surface area contributed by atoms with Crippen LogP contribution in [0.5, 0.6) is 0 Å². The number of benzene rings is 4. The van der Waals surface area contributed by atoms with Crippen molar-refractivity contribution in [2.45, 2.75) is 26.2 Å². The molecule has 0 N–H and O–H groups in total. The molecule has 116 valence electrons. The van der Waals surface area contributed by atoms with E-state index in [2.05, 4.69) is 87.5 Å². The Hall–Kier alpha value is -2.60. The maximum Gasteiger partial charge on any atom is 0.0159 e. The van der Waals surface area contributed by atoms with Gasteiger partial charge in [-0.1, -0.05) is 86.1 Å². The van der Waals surface area contributed by atoms with Crippen LogP contribution in [-0.2, 0) is 5.41 Å². The third kappa shape index (κ3) is 1.63. The summed E-state index contributed by atoms with van der Waals surface area (Å²) in [6, 6.07) is 24.8. The molecule has 5 rings (SSSR count). The van der Waals surface area contributed by atoms with Crippen LogP contribution >= 0.6 is 0 Å². The molecule has 4 aromatic rings. The lowest BCUT2D eigenvalue weighted by Gasteiger charge is -2.21. The van der Waals surface area contributed by atoms with E-state index in [0.29, 0.717) is 0 Å². The van der Waals surface area contributed by atoms with Crippen molar-refractivity contribution < 1.29 is 0 Å². The molecule has 0 aromatic heterocycles. The van der Waals surface area contributed by atoms with Gasteiger partial charge in [0.15, 0.2) is 0 Å². The van der Waals surface area contributed by atoms with Crippen molar-refractivity contribution in [1.82, 2.24) is 0 Å². The van der Waals surface area contributed by atoms with Crippen molar-refractivity contribution in [2.24, 2.45) is 0 Å². The molecular weight excluding hydrogens is 288 g/mol. The van der Waals surface area contributed by atoms with Gasteiger partial charge >= 0.3 is 0 Å². The summed E-state index contributed by atoms with van der Waals surface area (Å²) >= 11 is 0. The first-order valence-corrected chi connectivity index (χ1v) is 8.64. The van der Waals surface area contributed by atoms with Gasteiger partial charge in [0, 0.05) is 5.41 Å². The van der Waals surface area contributed by atoms with Gasteiger partial charge in [-0.25, -0.2) is 0 Å². The van der Waals surface area contributed by atoms with Crippen molar-refractivity contribution in [1.29, 1.82) is 0 Å². The SMILES string of the molecule is Cc1ccc2ccc3ccc4c(c3c2c1)-c1ccccc1C4(C)C. The average Bonchev–Trinajstić information content (AvgIpc) is 2.83. The van der Waals surface area contributed by atoms with Gasteiger partial charge in [0.1, 0.15) is 0 Å². The highest BCUT2D eigenvalue weighted by Crippen LogP contribution is 2.52. The summed E-state index contributed by atoms with van der Waals surface area (Å²) < 4.78 is 0. The monoisotopic (exact) mass is 308 g/mol. The summed E-state index contributed by atoms with van der Waals surface area (Å²) in [5.41, 5.74) is 7.11. The Bertz CT molecular complexity index is 1130. The van der Waals surface area contributed by atoms with E-state index in [-0.39, 0.29) is 5.41 Å². The van der Waals surface area contributed by atoms with Gasteiger partial charge in [-0.05, 0) is 50.7 Å². The fraction of sp³-hybridized carbons (Fsp3) is 0.167. The van der Waals surface area contributed by atoms with Gasteiger partial charge in [-0.2, -0.15) is 0 Å². The third-order valence-electron chi connectivity index (χ3n) is 5.70. The molecule has 0 heteroatoms. The van der Waals surface area contributed by atoms with Gasteiger partial charge in [-0.3, -0.25) is 0 Å². The Morgan fingerprint density at radius 2 is 1.42 bits per heavy atom. The van der Waals surface area contributed by atoms with Gasteiger partial charge in [-0.15, -0.1) is 0 Å². The first-order chi connectivity index (χ1) is 11.6. The van der Waals surface area contributed by atoms with E-state index in [1.807, 2.05) is 0 Å². The van der Waals surface area contributed by atoms with Gasteiger partial charge in [0.2, 0.25) is 0 Å². The van der Waals surface area contributed by atoms with E-state index < -0.39 is 0 Å². The van der Waals surface area contributed by atoms with Crippen molar-refractivity contribution in [3.63, 3.8) is 0 Å². The Kier molecular flexibility index (Phi) is 2.58. The van der Waals surface area contributed by atoms with E-state index in [4.69, 9.17) is 0 Å². The lowest BCUT2D eigenvalue weighted by molar-refractivity contribution is 0.661. The molecule has 0 amide bonds. The Labute approximate surface area is 142 Å². The van der Waals surface area contributed by atoms with Gasteiger partial charge in [0.05, 0.1) is 0 Å². The standard InChI is InChI=1S/C24H20/c1-15-8-9-16-10-11-17-12-13-21-23(22(17)19(16)14-15)18-6-4-5-7-20(18)24(21,2)3/h4-14H,1-3H3. The zero-order chi connectivity index (χ0) is 16.5. The molecule has 0 spiro atoms. The molecule has 0 saturated carbocycles. The molecule has 1 aliphatic rings. The second-order valence-corrected chi connectivity index (χ2v) is 7.55. The minimum Gasteiger partial charge on any atom is -0.0619 e. The molecule has 0 unspecified atom stereocenters. The fourth-order valence-electron chi connectivity index (χ4n) is 4.45. The molecule has 0 bridgehead atoms. The Balaban J connectivity index is 2.06. The van der Waals surface area contributed by atoms with Crippen LogP contribution in [0.15, 0.2) is 66.7 Å². The van der Waals surface area contributed by atoms with Crippen molar-refractivity contribution >= 4 is 21.5 Å². The van der Waals surface area contributed by atoms with Crippen LogP contribution in [-0.4, -0.2) is 0 Å². The molecule has 0 nitrogen and oxygen atoms in total. The van der Waals surface area contributed by atoms with E-state index in [1.165, 1.54) is 49.4 Å². The van der Waals surface area contributed by atoms with Crippen LogP contribution in [0.25, 0.3) is 32.7 Å². The number of hydrogen-bond donors (Lipinski definition) is 0. The number of hydrogen-bond acceptors (Lipinski definition) is 0. The number of rotatable bonds is 0. The summed E-state index contributed by atoms with van der Waals surface area (Å²) in [4.78, 5) is 0. The molecular formula is C24H20. The lowest BCUT2D eigenvalue weighted by atomic mass is 9.82. The summed E-state index contributed by atoms with van der Waals surface area (Å²) in [6.07, 6.45) is 0. The first-order valence-electron chi connectivity index (χ1n) is 8.64. The molecule has 0 atom stereocenters. The molecule has 0 saturated heterocycles. The second-order valence-electron chi connectivity index (χ2n) is 7.55. The largest absolute Gasteiger partial charge is 0.0619 e. The maximum absolute atomic E-state index is 2.35. The van der Waals surface area contributed by atoms with Crippen LogP contribution in [0.1, 0.15) is 30.5 Å². The van der Waals surface area contributed by atoms with E-state index in [1.54, 1.807) is 0 Å². The zero-order valence-electron chi connectivity index (χ0n) is 14.4. The van der Waals surface area contributed by atoms with Crippen molar-refractivity contribution in [2.75, 3.05) is 0 Å². The number of aryl methyl sites for hydroxylation is 1.